The van der Waals surface area contributed by atoms with E-state index < -0.39 is 12.0 Å². The first kappa shape index (κ1) is 24.5. The Labute approximate surface area is 196 Å². The second kappa shape index (κ2) is 11.1. The average molecular weight is 448 g/mol. The Morgan fingerprint density at radius 1 is 1.15 bits per heavy atom. The number of ketones is 1. The molecule has 6 heteroatoms. The van der Waals surface area contributed by atoms with E-state index in [1.807, 2.05) is 45.0 Å². The number of aliphatic hydroxyl groups excluding tert-OH is 1. The maximum atomic E-state index is 13.3. The molecule has 1 aromatic carbocycles. The number of anilines is 1. The average Bonchev–Trinajstić information content (AvgIpc) is 2.76. The predicted octanol–water partition coefficient (Wildman–Crippen LogP) is 4.50. The number of Topliss-reactive ketones (excluding diaryl/α,β-unsaturated/α-hetero) is 1. The third-order valence-corrected chi connectivity index (χ3v) is 6.21. The number of nitrogens with one attached hydrogen (secondary N) is 1. The molecule has 1 saturated heterocycles. The Morgan fingerprint density at radius 2 is 1.85 bits per heavy atom. The van der Waals surface area contributed by atoms with Crippen molar-refractivity contribution in [1.29, 1.82) is 0 Å². The van der Waals surface area contributed by atoms with E-state index in [2.05, 4.69) is 22.1 Å². The molecular weight excluding hydrogens is 414 g/mol. The Hall–Kier alpha value is -3.17. The zero-order chi connectivity index (χ0) is 24.0. The smallest absolute Gasteiger partial charge is 0.323 e. The van der Waals surface area contributed by atoms with Crippen molar-refractivity contribution in [2.75, 3.05) is 18.4 Å². The summed E-state index contributed by atoms with van der Waals surface area (Å²) in [7, 11) is 0. The maximum Gasteiger partial charge on any atom is 0.323 e. The minimum Gasteiger partial charge on any atom is -0.392 e. The van der Waals surface area contributed by atoms with Crippen LogP contribution in [0, 0.1) is 32.6 Å². The molecule has 2 atom stereocenters. The van der Waals surface area contributed by atoms with Crippen molar-refractivity contribution in [2.24, 2.45) is 0 Å². The summed E-state index contributed by atoms with van der Waals surface area (Å²) in [6.07, 6.45) is 2.76. The number of nitrogens with zero attached hydrogens (tertiary/aromatic N) is 2. The van der Waals surface area contributed by atoms with Crippen LogP contribution >= 0.6 is 0 Å². The lowest BCUT2D eigenvalue weighted by atomic mass is 9.80. The fourth-order valence-corrected chi connectivity index (χ4v) is 4.62. The molecule has 1 fully saturated rings. The summed E-state index contributed by atoms with van der Waals surface area (Å²) in [6.45, 7) is 8.65. The molecule has 1 aromatic heterocycles. The molecule has 2 unspecified atom stereocenters. The molecule has 2 aromatic rings. The number of carbonyl (C=O) groups is 2. The fourth-order valence-electron chi connectivity index (χ4n) is 4.62. The number of benzene rings is 1. The van der Waals surface area contributed by atoms with E-state index in [0.29, 0.717) is 44.6 Å². The molecular formula is C27H33N3O3. The highest BCUT2D eigenvalue weighted by atomic mass is 16.3. The molecule has 0 bridgehead atoms. The van der Waals surface area contributed by atoms with Crippen molar-refractivity contribution < 1.29 is 14.7 Å². The van der Waals surface area contributed by atoms with Crippen LogP contribution in [0.4, 0.5) is 10.6 Å². The van der Waals surface area contributed by atoms with Crippen LogP contribution in [-0.2, 0) is 4.79 Å². The molecule has 3 rings (SSSR count). The van der Waals surface area contributed by atoms with E-state index >= 15 is 0 Å². The number of rotatable bonds is 2. The SMILES string of the molecule is CC#Cc1cc(C)c(C2C(=O)CCCN(C(=O)Nc3ncccc3C)CCCC2O)c(C)c1. The summed E-state index contributed by atoms with van der Waals surface area (Å²) in [4.78, 5) is 32.0. The summed E-state index contributed by atoms with van der Waals surface area (Å²) >= 11 is 0. The van der Waals surface area contributed by atoms with E-state index in [9.17, 15) is 14.7 Å². The molecule has 2 N–H and O–H groups in total. The van der Waals surface area contributed by atoms with Gasteiger partial charge in [0.15, 0.2) is 0 Å². The fraction of sp³-hybridized carbons (Fsp3) is 0.444. The van der Waals surface area contributed by atoms with Gasteiger partial charge in [0.2, 0.25) is 0 Å². The zero-order valence-corrected chi connectivity index (χ0v) is 19.9. The first-order valence-electron chi connectivity index (χ1n) is 11.5. The Balaban J connectivity index is 1.75. The number of hydrogen-bond donors (Lipinski definition) is 2. The number of urea groups is 1. The van der Waals surface area contributed by atoms with Gasteiger partial charge >= 0.3 is 6.03 Å². The topological polar surface area (TPSA) is 82.5 Å². The number of aromatic nitrogens is 1. The number of pyridine rings is 1. The van der Waals surface area contributed by atoms with Gasteiger partial charge in [-0.1, -0.05) is 12.0 Å². The molecule has 0 radical (unpaired) electrons. The highest BCUT2D eigenvalue weighted by Gasteiger charge is 2.31. The lowest BCUT2D eigenvalue weighted by molar-refractivity contribution is -0.123. The van der Waals surface area contributed by atoms with Crippen LogP contribution in [0.15, 0.2) is 30.5 Å². The van der Waals surface area contributed by atoms with Gasteiger partial charge in [-0.05, 0) is 87.4 Å². The van der Waals surface area contributed by atoms with Gasteiger partial charge in [0, 0.05) is 31.3 Å². The van der Waals surface area contributed by atoms with Crippen molar-refractivity contribution in [2.45, 2.75) is 65.4 Å². The highest BCUT2D eigenvalue weighted by molar-refractivity contribution is 5.89. The minimum absolute atomic E-state index is 0.0193. The molecule has 1 aliphatic heterocycles. The number of aryl methyl sites for hydroxylation is 3. The molecule has 174 valence electrons. The van der Waals surface area contributed by atoms with Crippen molar-refractivity contribution in [3.8, 4) is 11.8 Å². The maximum absolute atomic E-state index is 13.3. The number of carbonyl (C=O) groups excluding carboxylic acids is 2. The summed E-state index contributed by atoms with van der Waals surface area (Å²) in [6, 6.07) is 7.47. The zero-order valence-electron chi connectivity index (χ0n) is 19.9. The van der Waals surface area contributed by atoms with E-state index in [1.54, 1.807) is 18.0 Å². The summed E-state index contributed by atoms with van der Waals surface area (Å²) in [5.74, 6) is 5.99. The quantitative estimate of drug-likeness (QED) is 0.664. The van der Waals surface area contributed by atoms with E-state index in [4.69, 9.17) is 0 Å². The first-order chi connectivity index (χ1) is 15.8. The molecule has 0 spiro atoms. The van der Waals surface area contributed by atoms with Gasteiger partial charge in [-0.2, -0.15) is 0 Å². The van der Waals surface area contributed by atoms with Gasteiger partial charge < -0.3 is 10.0 Å². The van der Waals surface area contributed by atoms with Gasteiger partial charge in [-0.3, -0.25) is 10.1 Å². The standard InChI is InChI=1S/C27H33N3O3/c1-5-9-21-16-19(3)24(20(4)17-21)25-22(31)11-7-14-30(15-8-12-23(25)32)27(33)29-26-18(2)10-6-13-28-26/h6,10,13,16-17,22,25,31H,7-8,11-12,14-15H2,1-4H3,(H,28,29,33). The van der Waals surface area contributed by atoms with Crippen molar-refractivity contribution >= 4 is 17.6 Å². The normalized spacial score (nSPS) is 19.4. The van der Waals surface area contributed by atoms with Crippen molar-refractivity contribution in [3.63, 3.8) is 0 Å². The van der Waals surface area contributed by atoms with Gasteiger partial charge in [0.05, 0.1) is 12.0 Å². The monoisotopic (exact) mass is 447 g/mol. The van der Waals surface area contributed by atoms with E-state index in [0.717, 1.165) is 27.8 Å². The molecule has 33 heavy (non-hydrogen) atoms. The van der Waals surface area contributed by atoms with Gasteiger partial charge in [-0.25, -0.2) is 9.78 Å². The Morgan fingerprint density at radius 3 is 2.52 bits per heavy atom. The molecule has 2 amide bonds. The lowest BCUT2D eigenvalue weighted by Crippen LogP contribution is -2.39. The number of hydrogen-bond acceptors (Lipinski definition) is 4. The Kier molecular flexibility index (Phi) is 8.24. The van der Waals surface area contributed by atoms with Crippen LogP contribution in [0.25, 0.3) is 0 Å². The summed E-state index contributed by atoms with van der Waals surface area (Å²) in [5, 5.41) is 13.9. The van der Waals surface area contributed by atoms with Crippen molar-refractivity contribution in [3.05, 3.63) is 58.3 Å². The molecule has 1 aliphatic rings. The predicted molar refractivity (Wildman–Crippen MR) is 130 cm³/mol. The van der Waals surface area contributed by atoms with Crippen LogP contribution in [0.3, 0.4) is 0 Å². The molecule has 6 nitrogen and oxygen atoms in total. The molecule has 2 heterocycles. The van der Waals surface area contributed by atoms with E-state index in [1.165, 1.54) is 0 Å². The minimum atomic E-state index is -0.793. The van der Waals surface area contributed by atoms with E-state index in [-0.39, 0.29) is 11.8 Å². The summed E-state index contributed by atoms with van der Waals surface area (Å²) < 4.78 is 0. The number of aliphatic hydroxyl groups is 1. The largest absolute Gasteiger partial charge is 0.392 e. The van der Waals surface area contributed by atoms with Crippen LogP contribution in [-0.4, -0.2) is 46.0 Å². The van der Waals surface area contributed by atoms with Crippen LogP contribution < -0.4 is 5.32 Å². The highest BCUT2D eigenvalue weighted by Crippen LogP contribution is 2.32. The van der Waals surface area contributed by atoms with Crippen LogP contribution in [0.5, 0.6) is 0 Å². The van der Waals surface area contributed by atoms with Gasteiger partial charge in [-0.15, -0.1) is 5.92 Å². The second-order valence-corrected chi connectivity index (χ2v) is 8.74. The lowest BCUT2D eigenvalue weighted by Gasteiger charge is -2.29. The van der Waals surface area contributed by atoms with Crippen molar-refractivity contribution in [1.82, 2.24) is 9.88 Å². The van der Waals surface area contributed by atoms with Crippen LogP contribution in [0.1, 0.15) is 66.3 Å². The molecule has 0 saturated carbocycles. The third-order valence-electron chi connectivity index (χ3n) is 6.21. The Bertz CT molecular complexity index is 1060. The van der Waals surface area contributed by atoms with Gasteiger partial charge in [0.1, 0.15) is 11.6 Å². The second-order valence-electron chi connectivity index (χ2n) is 8.74. The number of amides is 2. The third kappa shape index (κ3) is 6.00. The van der Waals surface area contributed by atoms with Crippen LogP contribution in [0.2, 0.25) is 0 Å². The first-order valence-corrected chi connectivity index (χ1v) is 11.5. The summed E-state index contributed by atoms with van der Waals surface area (Å²) in [5.41, 5.74) is 4.68. The van der Waals surface area contributed by atoms with Gasteiger partial charge in [0.25, 0.3) is 0 Å². The molecule has 0 aliphatic carbocycles.